The number of likely N-dealkylation sites (N-methyl/N-ethyl adjacent to an activating group) is 1. The molecule has 5 heteroatoms. The number of halogens is 1. The van der Waals surface area contributed by atoms with E-state index in [1.807, 2.05) is 38.4 Å². The maximum atomic E-state index is 12.3. The van der Waals surface area contributed by atoms with Gasteiger partial charge in [-0.3, -0.25) is 9.69 Å². The van der Waals surface area contributed by atoms with Crippen molar-refractivity contribution < 1.29 is 4.79 Å². The van der Waals surface area contributed by atoms with E-state index in [4.69, 9.17) is 11.6 Å². The summed E-state index contributed by atoms with van der Waals surface area (Å²) in [5.74, 6) is 0.151. The number of hydrogen-bond acceptors (Lipinski definition) is 3. The molecule has 1 aliphatic heterocycles. The SMILES string of the molecule is CC(c1ccc(Cl)cc1)N1CCNCC1C(=O)N(C)C. The van der Waals surface area contributed by atoms with Gasteiger partial charge in [0.15, 0.2) is 0 Å². The molecule has 0 spiro atoms. The van der Waals surface area contributed by atoms with Gasteiger partial charge < -0.3 is 10.2 Å². The number of amides is 1. The number of nitrogens with zero attached hydrogens (tertiary/aromatic N) is 2. The average molecular weight is 296 g/mol. The number of carbonyl (C=O) groups is 1. The second-order valence-electron chi connectivity index (χ2n) is 5.42. The van der Waals surface area contributed by atoms with Crippen LogP contribution in [-0.2, 0) is 4.79 Å². The van der Waals surface area contributed by atoms with E-state index in [1.54, 1.807) is 4.90 Å². The van der Waals surface area contributed by atoms with Gasteiger partial charge in [-0.25, -0.2) is 0 Å². The van der Waals surface area contributed by atoms with Crippen molar-refractivity contribution in [3.8, 4) is 0 Å². The summed E-state index contributed by atoms with van der Waals surface area (Å²) in [5.41, 5.74) is 1.19. The Balaban J connectivity index is 2.18. The Morgan fingerprint density at radius 3 is 2.65 bits per heavy atom. The van der Waals surface area contributed by atoms with E-state index in [0.717, 1.165) is 18.1 Å². The maximum absolute atomic E-state index is 12.3. The van der Waals surface area contributed by atoms with Crippen LogP contribution in [-0.4, -0.2) is 55.5 Å². The molecule has 20 heavy (non-hydrogen) atoms. The van der Waals surface area contributed by atoms with Crippen LogP contribution in [0.1, 0.15) is 18.5 Å². The highest BCUT2D eigenvalue weighted by Crippen LogP contribution is 2.25. The molecule has 1 aromatic rings. The van der Waals surface area contributed by atoms with Crippen LogP contribution in [0, 0.1) is 0 Å². The van der Waals surface area contributed by atoms with Gasteiger partial charge in [-0.15, -0.1) is 0 Å². The smallest absolute Gasteiger partial charge is 0.240 e. The molecule has 0 aliphatic carbocycles. The molecule has 4 nitrogen and oxygen atoms in total. The normalized spacial score (nSPS) is 21.5. The zero-order valence-corrected chi connectivity index (χ0v) is 13.0. The minimum atomic E-state index is -0.107. The number of rotatable bonds is 3. The first-order valence-corrected chi connectivity index (χ1v) is 7.31. The molecule has 0 saturated carbocycles. The molecule has 1 saturated heterocycles. The molecular formula is C15H22ClN3O. The van der Waals surface area contributed by atoms with Gasteiger partial charge >= 0.3 is 0 Å². The van der Waals surface area contributed by atoms with Crippen molar-refractivity contribution >= 4 is 17.5 Å². The van der Waals surface area contributed by atoms with Gasteiger partial charge in [0, 0.05) is 44.8 Å². The highest BCUT2D eigenvalue weighted by molar-refractivity contribution is 6.30. The van der Waals surface area contributed by atoms with Crippen LogP contribution in [0.3, 0.4) is 0 Å². The van der Waals surface area contributed by atoms with Crippen LogP contribution >= 0.6 is 11.6 Å². The van der Waals surface area contributed by atoms with E-state index >= 15 is 0 Å². The molecule has 0 bridgehead atoms. The van der Waals surface area contributed by atoms with E-state index < -0.39 is 0 Å². The van der Waals surface area contributed by atoms with Crippen molar-refractivity contribution in [2.45, 2.75) is 19.0 Å². The lowest BCUT2D eigenvalue weighted by atomic mass is 10.0. The summed E-state index contributed by atoms with van der Waals surface area (Å²) < 4.78 is 0. The van der Waals surface area contributed by atoms with Crippen molar-refractivity contribution in [1.29, 1.82) is 0 Å². The Bertz CT molecular complexity index is 461. The zero-order valence-electron chi connectivity index (χ0n) is 12.3. The van der Waals surface area contributed by atoms with Crippen molar-refractivity contribution in [3.05, 3.63) is 34.9 Å². The number of nitrogens with one attached hydrogen (secondary N) is 1. The van der Waals surface area contributed by atoms with Crippen LogP contribution in [0.25, 0.3) is 0 Å². The minimum Gasteiger partial charge on any atom is -0.347 e. The first-order valence-electron chi connectivity index (χ1n) is 6.94. The van der Waals surface area contributed by atoms with E-state index in [2.05, 4.69) is 17.1 Å². The predicted molar refractivity (Wildman–Crippen MR) is 81.9 cm³/mol. The monoisotopic (exact) mass is 295 g/mol. The number of piperazine rings is 1. The largest absolute Gasteiger partial charge is 0.347 e. The fourth-order valence-electron chi connectivity index (χ4n) is 2.64. The first kappa shape index (κ1) is 15.3. The molecule has 0 radical (unpaired) electrons. The van der Waals surface area contributed by atoms with E-state index in [-0.39, 0.29) is 18.0 Å². The Labute approximate surface area is 125 Å². The van der Waals surface area contributed by atoms with Crippen molar-refractivity contribution in [2.75, 3.05) is 33.7 Å². The Hall–Kier alpha value is -1.10. The topological polar surface area (TPSA) is 35.6 Å². The van der Waals surface area contributed by atoms with Crippen molar-refractivity contribution in [2.24, 2.45) is 0 Å². The number of hydrogen-bond donors (Lipinski definition) is 1. The van der Waals surface area contributed by atoms with E-state index in [0.29, 0.717) is 6.54 Å². The lowest BCUT2D eigenvalue weighted by Gasteiger charge is -2.40. The molecule has 1 aliphatic rings. The highest BCUT2D eigenvalue weighted by atomic mass is 35.5. The van der Waals surface area contributed by atoms with Crippen LogP contribution in [0.15, 0.2) is 24.3 Å². The number of benzene rings is 1. The molecule has 2 rings (SSSR count). The van der Waals surface area contributed by atoms with Crippen LogP contribution in [0.2, 0.25) is 5.02 Å². The second kappa shape index (κ2) is 6.57. The summed E-state index contributed by atoms with van der Waals surface area (Å²) in [6, 6.07) is 7.96. The Kier molecular flexibility index (Phi) is 5.02. The first-order chi connectivity index (χ1) is 9.50. The van der Waals surface area contributed by atoms with Crippen LogP contribution in [0.5, 0.6) is 0 Å². The van der Waals surface area contributed by atoms with Gasteiger partial charge in [0.2, 0.25) is 5.91 Å². The van der Waals surface area contributed by atoms with Crippen LogP contribution in [0.4, 0.5) is 0 Å². The third kappa shape index (κ3) is 3.32. The fourth-order valence-corrected chi connectivity index (χ4v) is 2.77. The summed E-state index contributed by atoms with van der Waals surface area (Å²) in [4.78, 5) is 16.3. The summed E-state index contributed by atoms with van der Waals surface area (Å²) in [6.07, 6.45) is 0. The molecule has 2 atom stereocenters. The van der Waals surface area contributed by atoms with Gasteiger partial charge in [-0.1, -0.05) is 23.7 Å². The van der Waals surface area contributed by atoms with E-state index in [1.165, 1.54) is 5.56 Å². The maximum Gasteiger partial charge on any atom is 0.240 e. The van der Waals surface area contributed by atoms with Gasteiger partial charge in [0.25, 0.3) is 0 Å². The summed E-state index contributed by atoms with van der Waals surface area (Å²) in [7, 11) is 3.62. The molecule has 1 fully saturated rings. The Morgan fingerprint density at radius 2 is 2.05 bits per heavy atom. The summed E-state index contributed by atoms with van der Waals surface area (Å²) in [6.45, 7) is 4.63. The molecule has 110 valence electrons. The lowest BCUT2D eigenvalue weighted by molar-refractivity contribution is -0.136. The molecular weight excluding hydrogens is 274 g/mol. The molecule has 0 aromatic heterocycles. The van der Waals surface area contributed by atoms with Crippen molar-refractivity contribution in [1.82, 2.24) is 15.1 Å². The van der Waals surface area contributed by atoms with Gasteiger partial charge in [-0.2, -0.15) is 0 Å². The number of carbonyl (C=O) groups excluding carboxylic acids is 1. The third-order valence-corrected chi connectivity index (χ3v) is 4.11. The molecule has 1 heterocycles. The highest BCUT2D eigenvalue weighted by Gasteiger charge is 2.33. The Morgan fingerprint density at radius 1 is 1.40 bits per heavy atom. The fraction of sp³-hybridized carbons (Fsp3) is 0.533. The van der Waals surface area contributed by atoms with Crippen LogP contribution < -0.4 is 5.32 Å². The van der Waals surface area contributed by atoms with Gasteiger partial charge in [0.1, 0.15) is 6.04 Å². The molecule has 1 amide bonds. The molecule has 1 N–H and O–H groups in total. The van der Waals surface area contributed by atoms with E-state index in [9.17, 15) is 4.79 Å². The summed E-state index contributed by atoms with van der Waals surface area (Å²) in [5, 5.41) is 4.04. The third-order valence-electron chi connectivity index (χ3n) is 3.86. The molecule has 1 aromatic carbocycles. The lowest BCUT2D eigenvalue weighted by Crippen LogP contribution is -2.58. The second-order valence-corrected chi connectivity index (χ2v) is 5.85. The standard InChI is InChI=1S/C15H22ClN3O/c1-11(12-4-6-13(16)7-5-12)19-9-8-17-10-14(19)15(20)18(2)3/h4-7,11,14,17H,8-10H2,1-3H3. The predicted octanol–water partition coefficient (Wildman–Crippen LogP) is 1.76. The molecule has 2 unspecified atom stereocenters. The van der Waals surface area contributed by atoms with Crippen molar-refractivity contribution in [3.63, 3.8) is 0 Å². The minimum absolute atomic E-state index is 0.107. The zero-order chi connectivity index (χ0) is 14.7. The van der Waals surface area contributed by atoms with Gasteiger partial charge in [-0.05, 0) is 24.6 Å². The summed E-state index contributed by atoms with van der Waals surface area (Å²) >= 11 is 5.94. The quantitative estimate of drug-likeness (QED) is 0.923. The van der Waals surface area contributed by atoms with Gasteiger partial charge in [0.05, 0.1) is 0 Å². The average Bonchev–Trinajstić information content (AvgIpc) is 2.46.